The van der Waals surface area contributed by atoms with Crippen molar-refractivity contribution >= 4 is 30.8 Å². The molecule has 0 amide bonds. The summed E-state index contributed by atoms with van der Waals surface area (Å²) in [5, 5.41) is 14.6. The van der Waals surface area contributed by atoms with E-state index in [1.165, 1.54) is 29.7 Å². The Hall–Kier alpha value is -2.65. The van der Waals surface area contributed by atoms with Gasteiger partial charge in [0.25, 0.3) is 0 Å². The Morgan fingerprint density at radius 3 is 2.67 bits per heavy atom. The predicted molar refractivity (Wildman–Crippen MR) is 161 cm³/mol. The maximum absolute atomic E-state index is 13.3. The molecule has 11 nitrogen and oxygen atoms in total. The Morgan fingerprint density at radius 2 is 1.88 bits per heavy atom. The molecule has 1 aromatic heterocycles. The van der Waals surface area contributed by atoms with E-state index in [1.807, 2.05) is 24.3 Å². The first-order valence-electron chi connectivity index (χ1n) is 14.5. The van der Waals surface area contributed by atoms with Gasteiger partial charge in [0, 0.05) is 51.0 Å². The first-order chi connectivity index (χ1) is 20.6. The number of sulfonamides is 1. The van der Waals surface area contributed by atoms with Crippen molar-refractivity contribution in [2.24, 2.45) is 0 Å². The number of fused-ring (bicyclic) bond motifs is 1. The average Bonchev–Trinajstić information content (AvgIpc) is 3.41. The van der Waals surface area contributed by atoms with Gasteiger partial charge in [-0.1, -0.05) is 24.3 Å². The molecule has 2 atom stereocenters. The number of pyridine rings is 1. The number of methoxy groups -OCH3 is 1. The zero-order valence-electron chi connectivity index (χ0n) is 24.2. The van der Waals surface area contributed by atoms with Crippen molar-refractivity contribution in [3.63, 3.8) is 0 Å². The molecule has 0 aliphatic carbocycles. The lowest BCUT2D eigenvalue weighted by atomic mass is 9.88. The van der Waals surface area contributed by atoms with Crippen LogP contribution in [0.15, 0.2) is 70.6 Å². The standard InChI is InChI=1S/C30H39N3O8S2/c1-39-14-5-15-42(35,36)27-8-4-7-26(17-27)40-22-25(34)19-31-24-18-30(41-21-24)10-12-33(13-11-30)43(37,38)28-16-23-6-2-3-9-29(23)32-20-28/h2-4,6-9,16-17,20,24-25,31,34H,5,10-15,18-19,21-22H2,1H3. The maximum Gasteiger partial charge on any atom is 0.244 e. The van der Waals surface area contributed by atoms with Crippen molar-refractivity contribution in [3.8, 4) is 5.75 Å². The van der Waals surface area contributed by atoms with Crippen LogP contribution in [-0.4, -0.2) is 101 Å². The second kappa shape index (κ2) is 13.6. The van der Waals surface area contributed by atoms with Gasteiger partial charge in [-0.15, -0.1) is 0 Å². The summed E-state index contributed by atoms with van der Waals surface area (Å²) in [5.74, 6) is 0.355. The Labute approximate surface area is 253 Å². The summed E-state index contributed by atoms with van der Waals surface area (Å²) in [5.41, 5.74) is 0.352. The van der Waals surface area contributed by atoms with Crippen LogP contribution in [0.25, 0.3) is 10.9 Å². The third-order valence-corrected chi connectivity index (χ3v) is 11.7. The fourth-order valence-electron chi connectivity index (χ4n) is 5.62. The summed E-state index contributed by atoms with van der Waals surface area (Å²) in [6, 6.07) is 15.4. The van der Waals surface area contributed by atoms with E-state index in [1.54, 1.807) is 18.2 Å². The minimum Gasteiger partial charge on any atom is -0.491 e. The molecule has 2 aliphatic heterocycles. The number of para-hydroxylation sites is 1. The van der Waals surface area contributed by atoms with E-state index in [2.05, 4.69) is 10.3 Å². The van der Waals surface area contributed by atoms with Crippen LogP contribution >= 0.6 is 0 Å². The number of aromatic nitrogens is 1. The Bertz CT molecular complexity index is 1610. The number of piperidine rings is 1. The van der Waals surface area contributed by atoms with Gasteiger partial charge in [0.05, 0.1) is 28.4 Å². The third-order valence-electron chi connectivity index (χ3n) is 8.06. The summed E-state index contributed by atoms with van der Waals surface area (Å²) >= 11 is 0. The summed E-state index contributed by atoms with van der Waals surface area (Å²) in [6.45, 7) is 1.83. The van der Waals surface area contributed by atoms with E-state index in [9.17, 15) is 21.9 Å². The number of aliphatic hydroxyl groups excluding tert-OH is 1. The van der Waals surface area contributed by atoms with Crippen molar-refractivity contribution in [2.75, 3.05) is 52.3 Å². The van der Waals surface area contributed by atoms with Gasteiger partial charge in [0.15, 0.2) is 9.84 Å². The van der Waals surface area contributed by atoms with Crippen molar-refractivity contribution < 1.29 is 36.2 Å². The molecule has 2 saturated heterocycles. The van der Waals surface area contributed by atoms with Gasteiger partial charge in [0.2, 0.25) is 10.0 Å². The zero-order valence-corrected chi connectivity index (χ0v) is 25.9. The molecule has 43 heavy (non-hydrogen) atoms. The lowest BCUT2D eigenvalue weighted by Crippen LogP contribution is -2.47. The van der Waals surface area contributed by atoms with E-state index >= 15 is 0 Å². The molecular weight excluding hydrogens is 594 g/mol. The zero-order chi connectivity index (χ0) is 30.5. The maximum atomic E-state index is 13.3. The number of hydrogen-bond acceptors (Lipinski definition) is 10. The molecule has 1 spiro atoms. The van der Waals surface area contributed by atoms with Gasteiger partial charge in [0.1, 0.15) is 23.4 Å². The highest BCUT2D eigenvalue weighted by atomic mass is 32.2. The van der Waals surface area contributed by atoms with E-state index in [-0.39, 0.29) is 34.7 Å². The number of aliphatic hydroxyl groups is 1. The molecule has 2 unspecified atom stereocenters. The first kappa shape index (κ1) is 31.8. The monoisotopic (exact) mass is 633 g/mol. The largest absolute Gasteiger partial charge is 0.491 e. The molecule has 0 bridgehead atoms. The Kier molecular flexibility index (Phi) is 10.0. The molecule has 13 heteroatoms. The van der Waals surface area contributed by atoms with Crippen LogP contribution in [0.3, 0.4) is 0 Å². The van der Waals surface area contributed by atoms with Crippen LogP contribution in [0.5, 0.6) is 5.75 Å². The van der Waals surface area contributed by atoms with E-state index in [0.29, 0.717) is 51.3 Å². The van der Waals surface area contributed by atoms with Gasteiger partial charge in [-0.3, -0.25) is 4.98 Å². The lowest BCUT2D eigenvalue weighted by Gasteiger charge is -2.38. The molecule has 2 aliphatic rings. The third kappa shape index (κ3) is 7.72. The molecule has 2 aromatic carbocycles. The summed E-state index contributed by atoms with van der Waals surface area (Å²) in [7, 11) is -5.59. The van der Waals surface area contributed by atoms with Crippen LogP contribution in [0.4, 0.5) is 0 Å². The fraction of sp³-hybridized carbons (Fsp3) is 0.500. The second-order valence-corrected chi connectivity index (χ2v) is 15.2. The van der Waals surface area contributed by atoms with Crippen LogP contribution < -0.4 is 10.1 Å². The Morgan fingerprint density at radius 1 is 1.09 bits per heavy atom. The minimum absolute atomic E-state index is 0.00462. The normalized spacial score (nSPS) is 20.0. The molecule has 5 rings (SSSR count). The highest BCUT2D eigenvalue weighted by Gasteiger charge is 2.44. The number of nitrogens with zero attached hydrogens (tertiary/aromatic N) is 2. The van der Waals surface area contributed by atoms with Gasteiger partial charge in [-0.25, -0.2) is 16.8 Å². The number of sulfone groups is 1. The van der Waals surface area contributed by atoms with Gasteiger partial charge in [-0.05, 0) is 56.0 Å². The van der Waals surface area contributed by atoms with Crippen molar-refractivity contribution in [1.82, 2.24) is 14.6 Å². The number of nitrogens with one attached hydrogen (secondary N) is 1. The summed E-state index contributed by atoms with van der Waals surface area (Å²) < 4.78 is 70.0. The number of ether oxygens (including phenoxy) is 3. The van der Waals surface area contributed by atoms with Crippen LogP contribution in [0.2, 0.25) is 0 Å². The molecule has 234 valence electrons. The van der Waals surface area contributed by atoms with Gasteiger partial charge in [-0.2, -0.15) is 4.31 Å². The topological polar surface area (TPSA) is 144 Å². The average molecular weight is 634 g/mol. The molecule has 3 aromatic rings. The minimum atomic E-state index is -3.67. The highest BCUT2D eigenvalue weighted by molar-refractivity contribution is 7.91. The van der Waals surface area contributed by atoms with E-state index < -0.39 is 31.6 Å². The molecule has 0 saturated carbocycles. The van der Waals surface area contributed by atoms with Gasteiger partial charge < -0.3 is 24.6 Å². The van der Waals surface area contributed by atoms with Crippen molar-refractivity contribution in [2.45, 2.75) is 53.2 Å². The Balaban J connectivity index is 1.07. The van der Waals surface area contributed by atoms with Crippen molar-refractivity contribution in [1.29, 1.82) is 0 Å². The molecule has 2 fully saturated rings. The molecular formula is C30H39N3O8S2. The fourth-order valence-corrected chi connectivity index (χ4v) is 8.36. The second-order valence-electron chi connectivity index (χ2n) is 11.2. The first-order valence-corrected chi connectivity index (χ1v) is 17.5. The molecule has 3 heterocycles. The molecule has 0 radical (unpaired) electrons. The van der Waals surface area contributed by atoms with Crippen LogP contribution in [0.1, 0.15) is 25.7 Å². The quantitative estimate of drug-likeness (QED) is 0.269. The summed E-state index contributed by atoms with van der Waals surface area (Å²) in [6.07, 6.45) is 2.90. The van der Waals surface area contributed by atoms with E-state index in [0.717, 1.165) is 17.3 Å². The summed E-state index contributed by atoms with van der Waals surface area (Å²) in [4.78, 5) is 4.69. The van der Waals surface area contributed by atoms with Crippen LogP contribution in [-0.2, 0) is 29.3 Å². The van der Waals surface area contributed by atoms with Gasteiger partial charge >= 0.3 is 0 Å². The predicted octanol–water partition coefficient (Wildman–Crippen LogP) is 2.39. The number of benzene rings is 2. The number of hydrogen-bond donors (Lipinski definition) is 2. The molecule has 2 N–H and O–H groups in total. The smallest absolute Gasteiger partial charge is 0.244 e. The highest BCUT2D eigenvalue weighted by Crippen LogP contribution is 2.37. The van der Waals surface area contributed by atoms with Crippen molar-refractivity contribution in [3.05, 3.63) is 60.8 Å². The number of rotatable bonds is 13. The lowest BCUT2D eigenvalue weighted by molar-refractivity contribution is -0.0312. The van der Waals surface area contributed by atoms with Crippen LogP contribution in [0, 0.1) is 0 Å². The van der Waals surface area contributed by atoms with E-state index in [4.69, 9.17) is 14.2 Å². The SMILES string of the molecule is COCCCS(=O)(=O)c1cccc(OCC(O)CNC2COC3(CCN(S(=O)(=O)c4cnc5ccccc5c4)CC3)C2)c1.